The fourth-order valence-electron chi connectivity index (χ4n) is 4.93. The maximum Gasteiger partial charge on any atom is 0.317 e. The van der Waals surface area contributed by atoms with E-state index in [9.17, 15) is 9.59 Å². The minimum absolute atomic E-state index is 0. The molecule has 6 heteroatoms. The molecule has 0 saturated carbocycles. The SMILES string of the molecule is C.C.CC1(C)CC(OC(=O)CC(=O)OC2CC(C)(C)[N-]C(C)(C)C2)CC(C)(C)[N-]1. The average molecular weight is 413 g/mol. The first kappa shape index (κ1) is 27.9. The molecule has 0 aromatic heterocycles. The van der Waals surface area contributed by atoms with E-state index in [1.54, 1.807) is 0 Å². The van der Waals surface area contributed by atoms with Crippen LogP contribution in [-0.2, 0) is 19.1 Å². The lowest BCUT2D eigenvalue weighted by Gasteiger charge is -2.58. The van der Waals surface area contributed by atoms with Gasteiger partial charge in [-0.25, -0.2) is 0 Å². The molecule has 0 spiro atoms. The van der Waals surface area contributed by atoms with Crippen LogP contribution in [0.1, 0.15) is 102 Å². The average Bonchev–Trinajstić information content (AvgIpc) is 2.28. The predicted octanol–water partition coefficient (Wildman–Crippen LogP) is 5.92. The molecule has 172 valence electrons. The van der Waals surface area contributed by atoms with E-state index in [2.05, 4.69) is 0 Å². The van der Waals surface area contributed by atoms with Gasteiger partial charge in [0.1, 0.15) is 6.42 Å². The Morgan fingerprint density at radius 3 is 1.14 bits per heavy atom. The Balaban J connectivity index is 0.00000392. The molecule has 0 unspecified atom stereocenters. The van der Waals surface area contributed by atoms with Crippen molar-refractivity contribution < 1.29 is 19.1 Å². The van der Waals surface area contributed by atoms with Gasteiger partial charge in [0.2, 0.25) is 0 Å². The molecule has 29 heavy (non-hydrogen) atoms. The third kappa shape index (κ3) is 9.04. The highest BCUT2D eigenvalue weighted by atomic mass is 16.6. The largest absolute Gasteiger partial charge is 0.652 e. The van der Waals surface area contributed by atoms with E-state index in [1.807, 2.05) is 55.4 Å². The summed E-state index contributed by atoms with van der Waals surface area (Å²) in [5, 5.41) is 9.56. The van der Waals surface area contributed by atoms with E-state index < -0.39 is 11.9 Å². The van der Waals surface area contributed by atoms with E-state index in [1.165, 1.54) is 0 Å². The third-order valence-corrected chi connectivity index (χ3v) is 5.00. The van der Waals surface area contributed by atoms with Gasteiger partial charge in [0, 0.05) is 0 Å². The summed E-state index contributed by atoms with van der Waals surface area (Å²) in [6.45, 7) is 16.3. The monoisotopic (exact) mass is 412 g/mol. The fraction of sp³-hybridized carbons (Fsp3) is 0.913. The molecular weight excluding hydrogens is 368 g/mol. The number of nitrogens with zero attached hydrogens (tertiary/aromatic N) is 2. The Labute approximate surface area is 178 Å². The Morgan fingerprint density at radius 2 is 0.897 bits per heavy atom. The topological polar surface area (TPSA) is 80.8 Å². The Morgan fingerprint density at radius 1 is 0.655 bits per heavy atom. The van der Waals surface area contributed by atoms with Crippen LogP contribution in [0.2, 0.25) is 0 Å². The first-order valence-electron chi connectivity index (χ1n) is 9.94. The van der Waals surface area contributed by atoms with E-state index in [4.69, 9.17) is 20.1 Å². The number of hydrogen-bond acceptors (Lipinski definition) is 4. The van der Waals surface area contributed by atoms with Crippen LogP contribution in [-0.4, -0.2) is 46.3 Å². The summed E-state index contributed by atoms with van der Waals surface area (Å²) in [6, 6.07) is 0. The van der Waals surface area contributed by atoms with Crippen LogP contribution < -0.4 is 0 Å². The van der Waals surface area contributed by atoms with Crippen LogP contribution in [0.4, 0.5) is 0 Å². The third-order valence-electron chi connectivity index (χ3n) is 5.00. The number of piperidine rings is 2. The summed E-state index contributed by atoms with van der Waals surface area (Å²) < 4.78 is 11.2. The van der Waals surface area contributed by atoms with Gasteiger partial charge in [-0.3, -0.25) is 9.59 Å². The van der Waals surface area contributed by atoms with Crippen LogP contribution in [0.3, 0.4) is 0 Å². The van der Waals surface area contributed by atoms with Crippen molar-refractivity contribution in [2.45, 2.75) is 137 Å². The molecule has 6 nitrogen and oxygen atoms in total. The zero-order valence-electron chi connectivity index (χ0n) is 18.2. The Kier molecular flexibility index (Phi) is 8.97. The standard InChI is InChI=1S/C21H36N2O4.2CH4/c1-18(2)10-14(11-19(3,4)22-18)26-16(24)9-17(25)27-15-12-20(5,6)23-21(7,8)13-15;;/h14-15H,9-13H2,1-8H3;2*1H4/q-2;;. The van der Waals surface area contributed by atoms with Crippen LogP contribution in [0.5, 0.6) is 0 Å². The first-order chi connectivity index (χ1) is 12.1. The molecular formula is C23H44N2O4-2. The van der Waals surface area contributed by atoms with Gasteiger partial charge in [-0.05, 0) is 25.7 Å². The highest BCUT2D eigenvalue weighted by Gasteiger charge is 2.33. The summed E-state index contributed by atoms with van der Waals surface area (Å²) in [4.78, 5) is 24.5. The second kappa shape index (κ2) is 9.34. The van der Waals surface area contributed by atoms with Crippen LogP contribution in [0.25, 0.3) is 10.6 Å². The van der Waals surface area contributed by atoms with Gasteiger partial charge in [-0.2, -0.15) is 0 Å². The molecule has 0 aliphatic carbocycles. The van der Waals surface area contributed by atoms with E-state index >= 15 is 0 Å². The second-order valence-electron chi connectivity index (χ2n) is 10.7. The van der Waals surface area contributed by atoms with Crippen molar-refractivity contribution in [3.05, 3.63) is 10.6 Å². The van der Waals surface area contributed by atoms with Gasteiger partial charge in [-0.1, -0.05) is 70.2 Å². The molecule has 0 aromatic carbocycles. The highest BCUT2D eigenvalue weighted by Crippen LogP contribution is 2.42. The summed E-state index contributed by atoms with van der Waals surface area (Å²) in [7, 11) is 0. The van der Waals surface area contributed by atoms with Gasteiger partial charge in [0.05, 0.1) is 12.2 Å². The molecule has 0 atom stereocenters. The van der Waals surface area contributed by atoms with Crippen molar-refractivity contribution in [1.82, 2.24) is 0 Å². The minimum atomic E-state index is -0.516. The normalized spacial score (nSPS) is 25.1. The molecule has 2 saturated heterocycles. The number of ether oxygens (including phenoxy) is 2. The van der Waals surface area contributed by atoms with Crippen molar-refractivity contribution in [3.8, 4) is 0 Å². The van der Waals surface area contributed by atoms with Gasteiger partial charge in [-0.15, -0.1) is 22.2 Å². The van der Waals surface area contributed by atoms with Gasteiger partial charge >= 0.3 is 11.9 Å². The summed E-state index contributed by atoms with van der Waals surface area (Å²) in [6.07, 6.45) is 1.89. The number of rotatable bonds is 4. The molecule has 0 amide bonds. The van der Waals surface area contributed by atoms with Gasteiger partial charge < -0.3 is 20.1 Å². The zero-order valence-corrected chi connectivity index (χ0v) is 18.2. The van der Waals surface area contributed by atoms with Crippen molar-refractivity contribution in [2.24, 2.45) is 0 Å². The molecule has 0 radical (unpaired) electrons. The lowest BCUT2D eigenvalue weighted by atomic mass is 9.81. The molecule has 2 aliphatic rings. The van der Waals surface area contributed by atoms with E-state index in [0.29, 0.717) is 25.7 Å². The maximum absolute atomic E-state index is 12.3. The van der Waals surface area contributed by atoms with Crippen LogP contribution in [0, 0.1) is 0 Å². The summed E-state index contributed by atoms with van der Waals surface area (Å²) >= 11 is 0. The van der Waals surface area contributed by atoms with Crippen molar-refractivity contribution in [1.29, 1.82) is 0 Å². The Hall–Kier alpha value is -1.14. The molecule has 2 rings (SSSR count). The second-order valence-corrected chi connectivity index (χ2v) is 10.7. The Bertz CT molecular complexity index is 499. The fourth-order valence-corrected chi connectivity index (χ4v) is 4.93. The molecule has 2 fully saturated rings. The van der Waals surface area contributed by atoms with Gasteiger partial charge in [0.15, 0.2) is 0 Å². The minimum Gasteiger partial charge on any atom is -0.652 e. The maximum atomic E-state index is 12.3. The number of hydrogen-bond donors (Lipinski definition) is 0. The highest BCUT2D eigenvalue weighted by molar-refractivity contribution is 5.91. The molecule has 0 N–H and O–H groups in total. The van der Waals surface area contributed by atoms with Crippen molar-refractivity contribution >= 4 is 11.9 Å². The lowest BCUT2D eigenvalue weighted by Crippen LogP contribution is -2.45. The predicted molar refractivity (Wildman–Crippen MR) is 119 cm³/mol. The molecule has 0 aromatic rings. The quantitative estimate of drug-likeness (QED) is 0.424. The van der Waals surface area contributed by atoms with Crippen LogP contribution >= 0.6 is 0 Å². The van der Waals surface area contributed by atoms with Crippen molar-refractivity contribution in [2.75, 3.05) is 0 Å². The van der Waals surface area contributed by atoms with Crippen molar-refractivity contribution in [3.63, 3.8) is 0 Å². The molecule has 2 aliphatic heterocycles. The van der Waals surface area contributed by atoms with Crippen LogP contribution in [0.15, 0.2) is 0 Å². The first-order valence-corrected chi connectivity index (χ1v) is 9.94. The number of carbonyl (C=O) groups is 2. The van der Waals surface area contributed by atoms with E-state index in [-0.39, 0.29) is 55.6 Å². The summed E-state index contributed by atoms with van der Waals surface area (Å²) in [5.74, 6) is -1.03. The number of carbonyl (C=O) groups excluding carboxylic acids is 2. The number of esters is 2. The van der Waals surface area contributed by atoms with Gasteiger partial charge in [0.25, 0.3) is 0 Å². The molecule has 0 bridgehead atoms. The smallest absolute Gasteiger partial charge is 0.317 e. The lowest BCUT2D eigenvalue weighted by molar-refractivity contribution is -0.162. The summed E-state index contributed by atoms with van der Waals surface area (Å²) in [5.41, 5.74) is -0.960. The zero-order chi connectivity index (χ0) is 20.7. The molecule has 2 heterocycles. The van der Waals surface area contributed by atoms with E-state index in [0.717, 1.165) is 0 Å².